The average Bonchev–Trinajstić information content (AvgIpc) is 3.51. The number of benzene rings is 3. The first kappa shape index (κ1) is 19.3. The van der Waals surface area contributed by atoms with Crippen molar-refractivity contribution in [1.29, 1.82) is 0 Å². The van der Waals surface area contributed by atoms with E-state index in [1.165, 1.54) is 16.5 Å². The van der Waals surface area contributed by atoms with Gasteiger partial charge in [0.2, 0.25) is 5.95 Å². The summed E-state index contributed by atoms with van der Waals surface area (Å²) in [7, 11) is 0. The highest BCUT2D eigenvalue weighted by atomic mass is 15.2. The van der Waals surface area contributed by atoms with Crippen molar-refractivity contribution in [2.45, 2.75) is 13.0 Å². The van der Waals surface area contributed by atoms with Gasteiger partial charge >= 0.3 is 0 Å². The third kappa shape index (κ3) is 3.61. The Morgan fingerprint density at radius 2 is 1.73 bits per heavy atom. The molecule has 3 aromatic heterocycles. The fourth-order valence-electron chi connectivity index (χ4n) is 4.18. The highest BCUT2D eigenvalue weighted by Crippen LogP contribution is 2.28. The molecule has 6 aromatic rings. The summed E-state index contributed by atoms with van der Waals surface area (Å²) in [6.07, 6.45) is 5.55. The van der Waals surface area contributed by atoms with Crippen molar-refractivity contribution in [2.75, 3.05) is 5.32 Å². The van der Waals surface area contributed by atoms with Crippen LogP contribution in [0.5, 0.6) is 0 Å². The fraction of sp³-hybridized carbons (Fsp3) is 0.0741. The molecule has 33 heavy (non-hydrogen) atoms. The SMILES string of the molecule is CC(Nc1nccc(-n2cnc3cc(-c4ccc5[nH]ccc5c4)ccc32)n1)c1ccccc1. The second-order valence-electron chi connectivity index (χ2n) is 8.11. The van der Waals surface area contributed by atoms with Crippen molar-refractivity contribution in [2.24, 2.45) is 0 Å². The molecule has 0 saturated carbocycles. The molecule has 0 aliphatic heterocycles. The minimum absolute atomic E-state index is 0.0981. The molecule has 0 spiro atoms. The Kier molecular flexibility index (Phi) is 4.61. The molecule has 3 heterocycles. The van der Waals surface area contributed by atoms with Gasteiger partial charge in [-0.05, 0) is 65.4 Å². The van der Waals surface area contributed by atoms with E-state index in [9.17, 15) is 0 Å². The van der Waals surface area contributed by atoms with Gasteiger partial charge in [-0.3, -0.25) is 4.57 Å². The molecule has 6 rings (SSSR count). The number of anilines is 1. The van der Waals surface area contributed by atoms with Crippen LogP contribution in [0.15, 0.2) is 97.6 Å². The highest BCUT2D eigenvalue weighted by Gasteiger charge is 2.11. The third-order valence-electron chi connectivity index (χ3n) is 5.97. The minimum Gasteiger partial charge on any atom is -0.361 e. The summed E-state index contributed by atoms with van der Waals surface area (Å²) in [4.78, 5) is 17.0. The van der Waals surface area contributed by atoms with Gasteiger partial charge in [-0.1, -0.05) is 42.5 Å². The lowest BCUT2D eigenvalue weighted by molar-refractivity contribution is 0.854. The zero-order valence-electron chi connectivity index (χ0n) is 18.1. The molecule has 1 atom stereocenters. The first-order valence-corrected chi connectivity index (χ1v) is 10.9. The van der Waals surface area contributed by atoms with E-state index in [0.717, 1.165) is 27.9 Å². The van der Waals surface area contributed by atoms with E-state index in [1.807, 2.05) is 41.4 Å². The summed E-state index contributed by atoms with van der Waals surface area (Å²) < 4.78 is 1.99. The smallest absolute Gasteiger partial charge is 0.225 e. The summed E-state index contributed by atoms with van der Waals surface area (Å²) in [5, 5.41) is 4.59. The Labute approximate surface area is 191 Å². The molecular weight excluding hydrogens is 408 g/mol. The Hall–Kier alpha value is -4.45. The summed E-state index contributed by atoms with van der Waals surface area (Å²) in [6, 6.07) is 27.1. The minimum atomic E-state index is 0.0981. The number of imidazole rings is 1. The molecule has 2 N–H and O–H groups in total. The molecular formula is C27H22N6. The van der Waals surface area contributed by atoms with Gasteiger partial charge in [0.1, 0.15) is 12.1 Å². The Morgan fingerprint density at radius 1 is 0.879 bits per heavy atom. The van der Waals surface area contributed by atoms with Gasteiger partial charge in [0.05, 0.1) is 17.1 Å². The van der Waals surface area contributed by atoms with Crippen LogP contribution in [-0.2, 0) is 0 Å². The van der Waals surface area contributed by atoms with Gasteiger partial charge in [-0.25, -0.2) is 9.97 Å². The molecule has 1 unspecified atom stereocenters. The van der Waals surface area contributed by atoms with E-state index in [4.69, 9.17) is 4.98 Å². The molecule has 3 aromatic carbocycles. The van der Waals surface area contributed by atoms with Crippen LogP contribution in [-0.4, -0.2) is 24.5 Å². The lowest BCUT2D eigenvalue weighted by atomic mass is 10.0. The van der Waals surface area contributed by atoms with E-state index >= 15 is 0 Å². The fourth-order valence-corrected chi connectivity index (χ4v) is 4.18. The van der Waals surface area contributed by atoms with E-state index in [1.54, 1.807) is 6.20 Å². The van der Waals surface area contributed by atoms with E-state index in [2.05, 4.69) is 81.8 Å². The third-order valence-corrected chi connectivity index (χ3v) is 5.97. The molecule has 0 amide bonds. The molecule has 0 aliphatic rings. The predicted molar refractivity (Wildman–Crippen MR) is 132 cm³/mol. The lowest BCUT2D eigenvalue weighted by Crippen LogP contribution is -2.10. The van der Waals surface area contributed by atoms with Crippen molar-refractivity contribution in [1.82, 2.24) is 24.5 Å². The van der Waals surface area contributed by atoms with Crippen LogP contribution in [0.1, 0.15) is 18.5 Å². The van der Waals surface area contributed by atoms with Gasteiger partial charge in [0, 0.05) is 17.9 Å². The van der Waals surface area contributed by atoms with Crippen LogP contribution < -0.4 is 5.32 Å². The van der Waals surface area contributed by atoms with Crippen LogP contribution in [0, 0.1) is 0 Å². The maximum atomic E-state index is 4.74. The molecule has 0 fully saturated rings. The van der Waals surface area contributed by atoms with Gasteiger partial charge < -0.3 is 10.3 Å². The largest absolute Gasteiger partial charge is 0.361 e. The highest BCUT2D eigenvalue weighted by molar-refractivity contribution is 5.88. The Morgan fingerprint density at radius 3 is 2.64 bits per heavy atom. The topological polar surface area (TPSA) is 71.4 Å². The number of nitrogens with zero attached hydrogens (tertiary/aromatic N) is 4. The molecule has 6 heteroatoms. The molecule has 0 radical (unpaired) electrons. The van der Waals surface area contributed by atoms with Crippen LogP contribution in [0.4, 0.5) is 5.95 Å². The number of H-pyrrole nitrogens is 1. The number of aromatic amines is 1. The predicted octanol–water partition coefficient (Wildman–Crippen LogP) is 6.14. The summed E-state index contributed by atoms with van der Waals surface area (Å²) >= 11 is 0. The van der Waals surface area contributed by atoms with Crippen LogP contribution in [0.2, 0.25) is 0 Å². The number of hydrogen-bond acceptors (Lipinski definition) is 4. The maximum absolute atomic E-state index is 4.74. The number of aromatic nitrogens is 5. The van der Waals surface area contributed by atoms with Crippen molar-refractivity contribution < 1.29 is 0 Å². The summed E-state index contributed by atoms with van der Waals surface area (Å²) in [5.74, 6) is 1.36. The number of hydrogen-bond donors (Lipinski definition) is 2. The molecule has 160 valence electrons. The lowest BCUT2D eigenvalue weighted by Gasteiger charge is -2.14. The monoisotopic (exact) mass is 430 g/mol. The molecule has 0 aliphatic carbocycles. The molecule has 6 nitrogen and oxygen atoms in total. The number of nitrogens with one attached hydrogen (secondary N) is 2. The maximum Gasteiger partial charge on any atom is 0.225 e. The average molecular weight is 431 g/mol. The van der Waals surface area contributed by atoms with E-state index in [0.29, 0.717) is 5.95 Å². The zero-order chi connectivity index (χ0) is 22.2. The van der Waals surface area contributed by atoms with E-state index < -0.39 is 0 Å². The second kappa shape index (κ2) is 7.91. The van der Waals surface area contributed by atoms with Crippen molar-refractivity contribution >= 4 is 27.9 Å². The standard InChI is InChI=1S/C27H22N6/c1-18(19-5-3-2-4-6-19)31-27-29-14-12-26(32-27)33-17-30-24-16-21(8-10-25(24)33)20-7-9-23-22(15-20)11-13-28-23/h2-18,28H,1H3,(H,29,31,32). The van der Waals surface area contributed by atoms with Gasteiger partial charge in [0.15, 0.2) is 0 Å². The quantitative estimate of drug-likeness (QED) is 0.345. The van der Waals surface area contributed by atoms with Crippen LogP contribution in [0.3, 0.4) is 0 Å². The van der Waals surface area contributed by atoms with Crippen molar-refractivity contribution in [3.8, 4) is 16.9 Å². The van der Waals surface area contributed by atoms with Crippen LogP contribution >= 0.6 is 0 Å². The van der Waals surface area contributed by atoms with Gasteiger partial charge in [-0.2, -0.15) is 4.98 Å². The first-order chi connectivity index (χ1) is 16.2. The Bertz CT molecular complexity index is 1560. The van der Waals surface area contributed by atoms with Crippen molar-refractivity contribution in [3.05, 3.63) is 103 Å². The normalized spacial score (nSPS) is 12.3. The summed E-state index contributed by atoms with van der Waals surface area (Å²) in [5.41, 5.74) is 6.55. The Balaban J connectivity index is 1.31. The summed E-state index contributed by atoms with van der Waals surface area (Å²) in [6.45, 7) is 2.10. The van der Waals surface area contributed by atoms with Crippen molar-refractivity contribution in [3.63, 3.8) is 0 Å². The number of rotatable bonds is 5. The zero-order valence-corrected chi connectivity index (χ0v) is 18.1. The first-order valence-electron chi connectivity index (χ1n) is 10.9. The second-order valence-corrected chi connectivity index (χ2v) is 8.11. The molecule has 0 bridgehead atoms. The van der Waals surface area contributed by atoms with Crippen LogP contribution in [0.25, 0.3) is 38.9 Å². The molecule has 0 saturated heterocycles. The van der Waals surface area contributed by atoms with E-state index in [-0.39, 0.29) is 6.04 Å². The van der Waals surface area contributed by atoms with Gasteiger partial charge in [-0.15, -0.1) is 0 Å². The number of fused-ring (bicyclic) bond motifs is 2. The van der Waals surface area contributed by atoms with Gasteiger partial charge in [0.25, 0.3) is 0 Å².